The maximum atomic E-state index is 12.3. The smallest absolute Gasteiger partial charge is 0.278 e. The summed E-state index contributed by atoms with van der Waals surface area (Å²) in [5.74, 6) is 0.197. The van der Waals surface area contributed by atoms with E-state index in [0.717, 1.165) is 31.7 Å². The first kappa shape index (κ1) is 16.5. The van der Waals surface area contributed by atoms with Crippen LogP contribution in [-0.4, -0.2) is 48.9 Å². The Hall–Kier alpha value is -1.88. The minimum atomic E-state index is -0.0837. The summed E-state index contributed by atoms with van der Waals surface area (Å²) in [7, 11) is 0. The maximum absolute atomic E-state index is 12.3. The molecule has 5 nitrogen and oxygen atoms in total. The zero-order valence-corrected chi connectivity index (χ0v) is 13.7. The topological polar surface area (TPSA) is 53.9 Å². The van der Waals surface area contributed by atoms with Crippen molar-refractivity contribution in [3.8, 4) is 0 Å². The number of quaternary nitrogens is 1. The number of piperazine rings is 1. The van der Waals surface area contributed by atoms with Crippen molar-refractivity contribution in [2.24, 2.45) is 0 Å². The van der Waals surface area contributed by atoms with Crippen molar-refractivity contribution in [2.45, 2.75) is 33.4 Å². The molecule has 120 valence electrons. The van der Waals surface area contributed by atoms with Gasteiger partial charge in [-0.25, -0.2) is 0 Å². The number of hydrogen-bond donors (Lipinski definition) is 2. The van der Waals surface area contributed by atoms with Crippen molar-refractivity contribution in [3.05, 3.63) is 35.4 Å². The number of aryl methyl sites for hydroxylation is 1. The van der Waals surface area contributed by atoms with Crippen LogP contribution in [0.1, 0.15) is 25.0 Å². The number of rotatable bonds is 4. The third-order valence-corrected chi connectivity index (χ3v) is 4.44. The van der Waals surface area contributed by atoms with E-state index < -0.39 is 0 Å². The van der Waals surface area contributed by atoms with Crippen LogP contribution in [0, 0.1) is 6.92 Å². The van der Waals surface area contributed by atoms with E-state index in [4.69, 9.17) is 0 Å². The highest BCUT2D eigenvalue weighted by molar-refractivity contribution is 5.80. The zero-order valence-electron chi connectivity index (χ0n) is 13.7. The summed E-state index contributed by atoms with van der Waals surface area (Å²) in [6, 6.07) is 8.10. The summed E-state index contributed by atoms with van der Waals surface area (Å²) >= 11 is 0. The van der Waals surface area contributed by atoms with Crippen molar-refractivity contribution in [1.82, 2.24) is 10.2 Å². The number of carbonyl (C=O) groups excluding carboxylic acids is 2. The van der Waals surface area contributed by atoms with Gasteiger partial charge in [-0.05, 0) is 19.4 Å². The molecule has 22 heavy (non-hydrogen) atoms. The van der Waals surface area contributed by atoms with E-state index in [-0.39, 0.29) is 17.9 Å². The molecule has 0 spiro atoms. The summed E-state index contributed by atoms with van der Waals surface area (Å²) < 4.78 is 0. The molecule has 1 aliphatic heterocycles. The van der Waals surface area contributed by atoms with Gasteiger partial charge in [0, 0.05) is 13.5 Å². The number of nitrogens with zero attached hydrogens (tertiary/aromatic N) is 1. The third kappa shape index (κ3) is 4.31. The fourth-order valence-electron chi connectivity index (χ4n) is 2.78. The van der Waals surface area contributed by atoms with Crippen molar-refractivity contribution in [2.75, 3.05) is 26.2 Å². The number of carbonyl (C=O) groups is 2. The molecule has 1 heterocycles. The van der Waals surface area contributed by atoms with Gasteiger partial charge in [0.15, 0.2) is 6.04 Å². The Bertz CT molecular complexity index is 519. The van der Waals surface area contributed by atoms with Gasteiger partial charge in [0.1, 0.15) is 0 Å². The van der Waals surface area contributed by atoms with Crippen molar-refractivity contribution >= 4 is 11.8 Å². The highest BCUT2D eigenvalue weighted by Crippen LogP contribution is 2.02. The average molecular weight is 304 g/mol. The van der Waals surface area contributed by atoms with Crippen LogP contribution in [0.5, 0.6) is 0 Å². The normalized spacial score (nSPS) is 17.1. The van der Waals surface area contributed by atoms with E-state index in [1.165, 1.54) is 10.5 Å². The van der Waals surface area contributed by atoms with Crippen molar-refractivity contribution < 1.29 is 14.5 Å². The Morgan fingerprint density at radius 3 is 2.36 bits per heavy atom. The molecule has 1 saturated heterocycles. The fraction of sp³-hybridized carbons (Fsp3) is 0.529. The number of nitrogens with one attached hydrogen (secondary N) is 2. The Balaban J connectivity index is 1.80. The lowest BCUT2D eigenvalue weighted by molar-refractivity contribution is -0.918. The predicted octanol–water partition coefficient (Wildman–Crippen LogP) is -0.253. The second-order valence-corrected chi connectivity index (χ2v) is 6.09. The molecule has 1 atom stereocenters. The van der Waals surface area contributed by atoms with Crippen LogP contribution >= 0.6 is 0 Å². The summed E-state index contributed by atoms with van der Waals surface area (Å²) in [4.78, 5) is 26.7. The highest BCUT2D eigenvalue weighted by atomic mass is 16.2. The van der Waals surface area contributed by atoms with Crippen LogP contribution in [0.4, 0.5) is 0 Å². The van der Waals surface area contributed by atoms with Crippen LogP contribution < -0.4 is 10.2 Å². The molecule has 5 heteroatoms. The Labute approximate surface area is 132 Å². The van der Waals surface area contributed by atoms with Gasteiger partial charge in [0.25, 0.3) is 5.91 Å². The van der Waals surface area contributed by atoms with Crippen LogP contribution in [0.25, 0.3) is 0 Å². The van der Waals surface area contributed by atoms with Gasteiger partial charge in [0.2, 0.25) is 5.91 Å². The molecule has 0 unspecified atom stereocenters. The highest BCUT2D eigenvalue weighted by Gasteiger charge is 2.29. The van der Waals surface area contributed by atoms with Gasteiger partial charge >= 0.3 is 0 Å². The Kier molecular flexibility index (Phi) is 5.55. The molecule has 2 rings (SSSR count). The quantitative estimate of drug-likeness (QED) is 0.806. The van der Waals surface area contributed by atoms with E-state index in [1.54, 1.807) is 6.92 Å². The van der Waals surface area contributed by atoms with Crippen LogP contribution in [-0.2, 0) is 16.1 Å². The van der Waals surface area contributed by atoms with E-state index in [1.807, 2.05) is 24.0 Å². The third-order valence-electron chi connectivity index (χ3n) is 4.44. The molecule has 0 saturated carbocycles. The lowest BCUT2D eigenvalue weighted by Crippen LogP contribution is -3.19. The first-order valence-electron chi connectivity index (χ1n) is 7.90. The van der Waals surface area contributed by atoms with Gasteiger partial charge < -0.3 is 15.1 Å². The first-order chi connectivity index (χ1) is 10.5. The summed E-state index contributed by atoms with van der Waals surface area (Å²) in [5.41, 5.74) is 2.33. The maximum Gasteiger partial charge on any atom is 0.278 e. The molecule has 0 aliphatic carbocycles. The largest absolute Gasteiger partial charge is 0.347 e. The van der Waals surface area contributed by atoms with Gasteiger partial charge in [-0.1, -0.05) is 29.8 Å². The van der Waals surface area contributed by atoms with Crippen LogP contribution in [0.2, 0.25) is 0 Å². The van der Waals surface area contributed by atoms with Gasteiger partial charge in [-0.15, -0.1) is 0 Å². The first-order valence-corrected chi connectivity index (χ1v) is 7.90. The van der Waals surface area contributed by atoms with Crippen LogP contribution in [0.3, 0.4) is 0 Å². The minimum absolute atomic E-state index is 0.0758. The minimum Gasteiger partial charge on any atom is -0.347 e. The molecule has 1 aliphatic rings. The van der Waals surface area contributed by atoms with E-state index in [2.05, 4.69) is 24.4 Å². The number of hydrogen-bond acceptors (Lipinski definition) is 2. The lowest BCUT2D eigenvalue weighted by Gasteiger charge is -2.34. The molecule has 2 amide bonds. The van der Waals surface area contributed by atoms with Gasteiger partial charge in [-0.3, -0.25) is 9.59 Å². The van der Waals surface area contributed by atoms with E-state index >= 15 is 0 Å². The number of benzene rings is 1. The van der Waals surface area contributed by atoms with Gasteiger partial charge in [-0.2, -0.15) is 0 Å². The summed E-state index contributed by atoms with van der Waals surface area (Å²) in [5, 5.41) is 3.01. The van der Waals surface area contributed by atoms with Crippen molar-refractivity contribution in [3.63, 3.8) is 0 Å². The lowest BCUT2D eigenvalue weighted by atomic mass is 10.1. The second-order valence-electron chi connectivity index (χ2n) is 6.09. The fourth-order valence-corrected chi connectivity index (χ4v) is 2.78. The molecule has 2 N–H and O–H groups in total. The summed E-state index contributed by atoms with van der Waals surface area (Å²) in [6.45, 7) is 9.31. The standard InChI is InChI=1S/C17H25N3O2/c1-13-4-6-16(7-5-13)12-18-17(22)14(2)19-8-10-20(11-9-19)15(3)21/h4-7,14H,8-12H2,1-3H3,(H,18,22)/p+1/t14-/m0/s1. The molecule has 1 aromatic carbocycles. The molecule has 0 aromatic heterocycles. The predicted molar refractivity (Wildman–Crippen MR) is 85.4 cm³/mol. The zero-order chi connectivity index (χ0) is 16.1. The molecule has 0 radical (unpaired) electrons. The molecule has 1 fully saturated rings. The monoisotopic (exact) mass is 304 g/mol. The molecular formula is C17H26N3O2+. The Morgan fingerprint density at radius 1 is 1.23 bits per heavy atom. The Morgan fingerprint density at radius 2 is 1.82 bits per heavy atom. The second kappa shape index (κ2) is 7.40. The van der Waals surface area contributed by atoms with Gasteiger partial charge in [0.05, 0.1) is 26.2 Å². The number of amides is 2. The van der Waals surface area contributed by atoms with E-state index in [9.17, 15) is 9.59 Å². The SMILES string of the molecule is CC(=O)N1CC[NH+]([C@@H](C)C(=O)NCc2ccc(C)cc2)CC1. The van der Waals surface area contributed by atoms with Crippen LogP contribution in [0.15, 0.2) is 24.3 Å². The summed E-state index contributed by atoms with van der Waals surface area (Å²) in [6.07, 6.45) is 0. The molecular weight excluding hydrogens is 278 g/mol. The molecule has 1 aromatic rings. The molecule has 0 bridgehead atoms. The average Bonchev–Trinajstić information content (AvgIpc) is 2.53. The van der Waals surface area contributed by atoms with Crippen molar-refractivity contribution in [1.29, 1.82) is 0 Å². The van der Waals surface area contributed by atoms with E-state index in [0.29, 0.717) is 6.54 Å².